The molecule has 6 heteroatoms. The van der Waals surface area contributed by atoms with Gasteiger partial charge in [0.25, 0.3) is 0 Å². The largest absolute Gasteiger partial charge is 0.399 e. The van der Waals surface area contributed by atoms with Gasteiger partial charge in [0.2, 0.25) is 10.0 Å². The summed E-state index contributed by atoms with van der Waals surface area (Å²) in [6.07, 6.45) is 3.71. The molecule has 1 aliphatic rings. The summed E-state index contributed by atoms with van der Waals surface area (Å²) in [5, 5.41) is 5.29. The van der Waals surface area contributed by atoms with Crippen molar-refractivity contribution in [2.24, 2.45) is 11.1 Å². The maximum Gasteiger partial charge on any atom is 0.240 e. The molecule has 19 heavy (non-hydrogen) atoms. The van der Waals surface area contributed by atoms with Crippen LogP contribution in [0, 0.1) is 5.92 Å². The van der Waals surface area contributed by atoms with Gasteiger partial charge in [0.1, 0.15) is 4.90 Å². The van der Waals surface area contributed by atoms with E-state index in [1.54, 1.807) is 12.1 Å². The number of rotatable bonds is 5. The van der Waals surface area contributed by atoms with Crippen LogP contribution in [-0.4, -0.2) is 21.5 Å². The Morgan fingerprint density at radius 3 is 2.53 bits per heavy atom. The summed E-state index contributed by atoms with van der Waals surface area (Å²) in [4.78, 5) is 2.19. The van der Waals surface area contributed by atoms with E-state index in [-0.39, 0.29) is 4.90 Å². The highest BCUT2D eigenvalue weighted by molar-refractivity contribution is 7.89. The molecule has 2 rings (SSSR count). The van der Waals surface area contributed by atoms with Gasteiger partial charge in [0.05, 0.1) is 5.69 Å². The third kappa shape index (κ3) is 3.19. The van der Waals surface area contributed by atoms with Crippen LogP contribution in [0.25, 0.3) is 0 Å². The highest BCUT2D eigenvalue weighted by Gasteiger charge is 2.23. The lowest BCUT2D eigenvalue weighted by Gasteiger charge is -2.34. The minimum absolute atomic E-state index is 0.119. The van der Waals surface area contributed by atoms with E-state index in [9.17, 15) is 8.42 Å². The van der Waals surface area contributed by atoms with Crippen LogP contribution in [0.1, 0.15) is 26.2 Å². The van der Waals surface area contributed by atoms with Crippen molar-refractivity contribution < 1.29 is 8.42 Å². The van der Waals surface area contributed by atoms with Crippen molar-refractivity contribution in [3.8, 4) is 0 Å². The predicted molar refractivity (Wildman–Crippen MR) is 77.5 cm³/mol. The van der Waals surface area contributed by atoms with Gasteiger partial charge in [-0.05, 0) is 43.9 Å². The van der Waals surface area contributed by atoms with E-state index >= 15 is 0 Å². The Labute approximate surface area is 114 Å². The first-order valence-corrected chi connectivity index (χ1v) is 8.13. The van der Waals surface area contributed by atoms with E-state index in [4.69, 9.17) is 10.9 Å². The Kier molecular flexibility index (Phi) is 4.01. The molecule has 0 atom stereocenters. The average molecular weight is 283 g/mol. The first-order chi connectivity index (χ1) is 8.91. The SMILES string of the molecule is CCN(CC1CCC1)c1ccc(N)cc1S(N)(=O)=O. The highest BCUT2D eigenvalue weighted by Crippen LogP contribution is 2.32. The van der Waals surface area contributed by atoms with E-state index in [1.807, 2.05) is 6.92 Å². The normalized spacial score (nSPS) is 16.1. The van der Waals surface area contributed by atoms with Crippen LogP contribution in [0.3, 0.4) is 0 Å². The Bertz CT molecular complexity index is 553. The predicted octanol–water partition coefficient (Wildman–Crippen LogP) is 1.54. The Balaban J connectivity index is 2.35. The minimum atomic E-state index is -3.76. The molecule has 0 bridgehead atoms. The maximum absolute atomic E-state index is 11.7. The van der Waals surface area contributed by atoms with Gasteiger partial charge in [-0.3, -0.25) is 0 Å². The first-order valence-electron chi connectivity index (χ1n) is 6.59. The zero-order valence-corrected chi connectivity index (χ0v) is 12.0. The number of nitrogen functional groups attached to an aromatic ring is 1. The summed E-state index contributed by atoms with van der Waals surface area (Å²) in [7, 11) is -3.76. The minimum Gasteiger partial charge on any atom is -0.399 e. The maximum atomic E-state index is 11.7. The third-order valence-electron chi connectivity index (χ3n) is 3.72. The van der Waals surface area contributed by atoms with Crippen molar-refractivity contribution in [3.05, 3.63) is 18.2 Å². The zero-order chi connectivity index (χ0) is 14.0. The lowest BCUT2D eigenvalue weighted by molar-refractivity contribution is 0.318. The molecule has 0 heterocycles. The van der Waals surface area contributed by atoms with Gasteiger partial charge in [-0.2, -0.15) is 0 Å². The van der Waals surface area contributed by atoms with Gasteiger partial charge >= 0.3 is 0 Å². The highest BCUT2D eigenvalue weighted by atomic mass is 32.2. The van der Waals surface area contributed by atoms with Crippen molar-refractivity contribution in [1.29, 1.82) is 0 Å². The molecular formula is C13H21N3O2S. The molecule has 0 aliphatic heterocycles. The number of benzene rings is 1. The fraction of sp³-hybridized carbons (Fsp3) is 0.538. The molecule has 1 aliphatic carbocycles. The monoisotopic (exact) mass is 283 g/mol. The number of primary sulfonamides is 1. The second-order valence-corrected chi connectivity index (χ2v) is 6.64. The van der Waals surface area contributed by atoms with Gasteiger partial charge in [-0.1, -0.05) is 6.42 Å². The van der Waals surface area contributed by atoms with Crippen LogP contribution in [-0.2, 0) is 10.0 Å². The molecule has 0 spiro atoms. The van der Waals surface area contributed by atoms with E-state index in [1.165, 1.54) is 25.3 Å². The quantitative estimate of drug-likeness (QED) is 0.802. The van der Waals surface area contributed by atoms with Crippen molar-refractivity contribution in [2.45, 2.75) is 31.1 Å². The van der Waals surface area contributed by atoms with Gasteiger partial charge in [-0.15, -0.1) is 0 Å². The first kappa shape index (κ1) is 14.1. The molecule has 0 amide bonds. The van der Waals surface area contributed by atoms with Gasteiger partial charge in [0.15, 0.2) is 0 Å². The fourth-order valence-corrected chi connectivity index (χ4v) is 3.19. The standard InChI is InChI=1S/C13H21N3O2S/c1-2-16(9-10-4-3-5-10)12-7-6-11(14)8-13(12)19(15,17)18/h6-8,10H,2-5,9,14H2,1H3,(H2,15,17,18). The van der Waals surface area contributed by atoms with Crippen LogP contribution in [0.5, 0.6) is 0 Å². The number of hydrogen-bond donors (Lipinski definition) is 2. The van der Waals surface area contributed by atoms with E-state index in [0.29, 0.717) is 17.3 Å². The number of sulfonamides is 1. The number of anilines is 2. The Morgan fingerprint density at radius 1 is 1.37 bits per heavy atom. The van der Waals surface area contributed by atoms with Crippen LogP contribution in [0.2, 0.25) is 0 Å². The molecule has 1 aromatic carbocycles. The van der Waals surface area contributed by atoms with Crippen molar-refractivity contribution >= 4 is 21.4 Å². The summed E-state index contributed by atoms with van der Waals surface area (Å²) in [5.74, 6) is 0.658. The molecule has 1 aromatic rings. The van der Waals surface area contributed by atoms with Crippen LogP contribution in [0.15, 0.2) is 23.1 Å². The number of hydrogen-bond acceptors (Lipinski definition) is 4. The molecule has 1 fully saturated rings. The van der Waals surface area contributed by atoms with E-state index < -0.39 is 10.0 Å². The molecule has 5 nitrogen and oxygen atoms in total. The Morgan fingerprint density at radius 2 is 2.05 bits per heavy atom. The summed E-state index contributed by atoms with van der Waals surface area (Å²) < 4.78 is 23.4. The lowest BCUT2D eigenvalue weighted by atomic mass is 9.85. The van der Waals surface area contributed by atoms with Crippen LogP contribution in [0.4, 0.5) is 11.4 Å². The topological polar surface area (TPSA) is 89.4 Å². The van der Waals surface area contributed by atoms with Crippen molar-refractivity contribution in [2.75, 3.05) is 23.7 Å². The summed E-state index contributed by atoms with van der Waals surface area (Å²) in [6.45, 7) is 3.65. The summed E-state index contributed by atoms with van der Waals surface area (Å²) in [5.41, 5.74) is 6.73. The van der Waals surface area contributed by atoms with Crippen LogP contribution < -0.4 is 15.8 Å². The van der Waals surface area contributed by atoms with Gasteiger partial charge in [-0.25, -0.2) is 13.6 Å². The molecule has 1 saturated carbocycles. The van der Waals surface area contributed by atoms with Gasteiger partial charge < -0.3 is 10.6 Å². The zero-order valence-electron chi connectivity index (χ0n) is 11.2. The van der Waals surface area contributed by atoms with Crippen molar-refractivity contribution in [3.63, 3.8) is 0 Å². The second kappa shape index (κ2) is 5.38. The summed E-state index contributed by atoms with van der Waals surface area (Å²) in [6, 6.07) is 4.90. The van der Waals surface area contributed by atoms with Crippen LogP contribution >= 0.6 is 0 Å². The molecule has 0 unspecified atom stereocenters. The average Bonchev–Trinajstić information content (AvgIpc) is 2.27. The lowest BCUT2D eigenvalue weighted by Crippen LogP contribution is -2.33. The van der Waals surface area contributed by atoms with Crippen molar-refractivity contribution in [1.82, 2.24) is 0 Å². The number of nitrogens with two attached hydrogens (primary N) is 2. The summed E-state index contributed by atoms with van der Waals surface area (Å²) >= 11 is 0. The van der Waals surface area contributed by atoms with E-state index in [0.717, 1.165) is 13.1 Å². The number of nitrogens with zero attached hydrogens (tertiary/aromatic N) is 1. The third-order valence-corrected chi connectivity index (χ3v) is 4.66. The van der Waals surface area contributed by atoms with E-state index in [2.05, 4.69) is 4.90 Å². The molecule has 0 aromatic heterocycles. The molecule has 106 valence electrons. The molecular weight excluding hydrogens is 262 g/mol. The molecule has 0 saturated heterocycles. The Hall–Kier alpha value is -1.27. The fourth-order valence-electron chi connectivity index (χ4n) is 2.40. The van der Waals surface area contributed by atoms with Gasteiger partial charge in [0, 0.05) is 18.8 Å². The molecule has 4 N–H and O–H groups in total. The second-order valence-electron chi connectivity index (χ2n) is 5.11. The molecule has 0 radical (unpaired) electrons. The smallest absolute Gasteiger partial charge is 0.240 e.